The van der Waals surface area contributed by atoms with Crippen LogP contribution in [0.1, 0.15) is 30.5 Å². The van der Waals surface area contributed by atoms with E-state index in [1.54, 1.807) is 29.1 Å². The summed E-state index contributed by atoms with van der Waals surface area (Å²) in [6.07, 6.45) is 3.45. The molecule has 2 aromatic heterocycles. The maximum Gasteiger partial charge on any atom is 0.268 e. The average Bonchev–Trinajstić information content (AvgIpc) is 3.15. The molecule has 0 atom stereocenters. The molecule has 0 aliphatic carbocycles. The topological polar surface area (TPSA) is 134 Å². The van der Waals surface area contributed by atoms with Crippen LogP contribution in [0.25, 0.3) is 11.1 Å². The van der Waals surface area contributed by atoms with Gasteiger partial charge in [0.15, 0.2) is 0 Å². The van der Waals surface area contributed by atoms with Crippen molar-refractivity contribution in [2.75, 3.05) is 5.73 Å². The lowest BCUT2D eigenvalue weighted by molar-refractivity contribution is 0.239. The van der Waals surface area contributed by atoms with Crippen molar-refractivity contribution in [2.24, 2.45) is 0 Å². The summed E-state index contributed by atoms with van der Waals surface area (Å²) < 4.78 is 7.61. The summed E-state index contributed by atoms with van der Waals surface area (Å²) >= 11 is 0. The van der Waals surface area contributed by atoms with Gasteiger partial charge in [-0.1, -0.05) is 6.07 Å². The standard InChI is InChI=1S/C20H18N6O2/c1-12(2)28-17-5-4-13(8-14(17)11-26-7-3-6-24-26)18-15(9-21)19(23)25-20(27)16(18)10-22/h3-8,12H,11H2,1-2H3,(H3,23,25,27). The van der Waals surface area contributed by atoms with Crippen LogP contribution in [0.3, 0.4) is 0 Å². The fraction of sp³-hybridized carbons (Fsp3) is 0.200. The number of hydrogen-bond acceptors (Lipinski definition) is 6. The Morgan fingerprint density at radius 1 is 1.29 bits per heavy atom. The number of aromatic amines is 1. The third-order valence-corrected chi connectivity index (χ3v) is 4.07. The van der Waals surface area contributed by atoms with Crippen LogP contribution in [0.2, 0.25) is 0 Å². The minimum absolute atomic E-state index is 0.0400. The number of nitrogen functional groups attached to an aromatic ring is 1. The molecule has 0 fully saturated rings. The summed E-state index contributed by atoms with van der Waals surface area (Å²) in [5.74, 6) is 0.585. The number of benzene rings is 1. The molecule has 0 radical (unpaired) electrons. The van der Waals surface area contributed by atoms with Gasteiger partial charge in [0.1, 0.15) is 34.8 Å². The van der Waals surface area contributed by atoms with Gasteiger partial charge in [-0.05, 0) is 37.6 Å². The first-order valence-electron chi connectivity index (χ1n) is 8.58. The Morgan fingerprint density at radius 3 is 2.64 bits per heavy atom. The smallest absolute Gasteiger partial charge is 0.268 e. The van der Waals surface area contributed by atoms with Gasteiger partial charge in [-0.15, -0.1) is 0 Å². The van der Waals surface area contributed by atoms with Gasteiger partial charge in [-0.2, -0.15) is 15.6 Å². The van der Waals surface area contributed by atoms with Crippen molar-refractivity contribution < 1.29 is 4.74 Å². The first kappa shape index (κ1) is 18.7. The Hall–Kier alpha value is -4.04. The van der Waals surface area contributed by atoms with E-state index in [-0.39, 0.29) is 28.6 Å². The van der Waals surface area contributed by atoms with Crippen LogP contribution in [0.4, 0.5) is 5.82 Å². The highest BCUT2D eigenvalue weighted by Gasteiger charge is 2.19. The van der Waals surface area contributed by atoms with Gasteiger partial charge in [-0.25, -0.2) is 0 Å². The van der Waals surface area contributed by atoms with Crippen molar-refractivity contribution >= 4 is 5.82 Å². The molecule has 3 N–H and O–H groups in total. The third kappa shape index (κ3) is 3.57. The summed E-state index contributed by atoms with van der Waals surface area (Å²) in [7, 11) is 0. The zero-order valence-corrected chi connectivity index (χ0v) is 15.4. The summed E-state index contributed by atoms with van der Waals surface area (Å²) in [5, 5.41) is 23.2. The first-order valence-corrected chi connectivity index (χ1v) is 8.58. The molecule has 3 aromatic rings. The van der Waals surface area contributed by atoms with E-state index in [4.69, 9.17) is 10.5 Å². The van der Waals surface area contributed by atoms with Crippen molar-refractivity contribution in [2.45, 2.75) is 26.5 Å². The Bertz CT molecular complexity index is 1150. The van der Waals surface area contributed by atoms with Crippen molar-refractivity contribution in [1.82, 2.24) is 14.8 Å². The lowest BCUT2D eigenvalue weighted by Crippen LogP contribution is -2.16. The Kier molecular flexibility index (Phi) is 5.14. The third-order valence-electron chi connectivity index (χ3n) is 4.07. The highest BCUT2D eigenvalue weighted by Crippen LogP contribution is 2.32. The summed E-state index contributed by atoms with van der Waals surface area (Å²) in [6, 6.07) is 10.9. The highest BCUT2D eigenvalue weighted by molar-refractivity contribution is 5.80. The minimum Gasteiger partial charge on any atom is -0.491 e. The number of nitrogens with two attached hydrogens (primary N) is 1. The van der Waals surface area contributed by atoms with Gasteiger partial charge in [0, 0.05) is 23.5 Å². The maximum atomic E-state index is 12.2. The van der Waals surface area contributed by atoms with Crippen LogP contribution in [-0.4, -0.2) is 20.9 Å². The molecule has 8 heteroatoms. The molecule has 0 saturated carbocycles. The van der Waals surface area contributed by atoms with Crippen LogP contribution in [0, 0.1) is 22.7 Å². The number of hydrogen-bond donors (Lipinski definition) is 2. The number of nitrogens with zero attached hydrogens (tertiary/aromatic N) is 4. The fourth-order valence-electron chi connectivity index (χ4n) is 2.93. The van der Waals surface area contributed by atoms with Gasteiger partial charge >= 0.3 is 0 Å². The average molecular weight is 374 g/mol. The quantitative estimate of drug-likeness (QED) is 0.704. The molecular formula is C20H18N6O2. The van der Waals surface area contributed by atoms with Crippen LogP contribution in [0.5, 0.6) is 5.75 Å². The van der Waals surface area contributed by atoms with E-state index in [0.717, 1.165) is 5.56 Å². The molecule has 28 heavy (non-hydrogen) atoms. The van der Waals surface area contributed by atoms with Crippen molar-refractivity contribution in [3.8, 4) is 29.0 Å². The van der Waals surface area contributed by atoms with E-state index >= 15 is 0 Å². The van der Waals surface area contributed by atoms with Crippen LogP contribution < -0.4 is 16.0 Å². The normalized spacial score (nSPS) is 10.5. The molecule has 3 rings (SSSR count). The largest absolute Gasteiger partial charge is 0.491 e. The molecule has 0 spiro atoms. The molecule has 0 bridgehead atoms. The minimum atomic E-state index is -0.634. The zero-order chi connectivity index (χ0) is 20.3. The Balaban J connectivity index is 2.23. The van der Waals surface area contributed by atoms with E-state index in [1.807, 2.05) is 38.2 Å². The van der Waals surface area contributed by atoms with Gasteiger partial charge in [-0.3, -0.25) is 9.48 Å². The Morgan fingerprint density at radius 2 is 2.04 bits per heavy atom. The fourth-order valence-corrected chi connectivity index (χ4v) is 2.93. The molecule has 1 aromatic carbocycles. The molecular weight excluding hydrogens is 356 g/mol. The van der Waals surface area contributed by atoms with E-state index in [1.165, 1.54) is 0 Å². The second kappa shape index (κ2) is 7.68. The molecule has 0 aliphatic heterocycles. The molecule has 0 amide bonds. The van der Waals surface area contributed by atoms with Gasteiger partial charge in [0.2, 0.25) is 0 Å². The van der Waals surface area contributed by atoms with Gasteiger partial charge in [0.25, 0.3) is 5.56 Å². The lowest BCUT2D eigenvalue weighted by Gasteiger charge is -2.17. The number of ether oxygens (including phenoxy) is 1. The van der Waals surface area contributed by atoms with E-state index < -0.39 is 5.56 Å². The van der Waals surface area contributed by atoms with E-state index in [0.29, 0.717) is 17.9 Å². The van der Waals surface area contributed by atoms with Crippen molar-refractivity contribution in [3.05, 3.63) is 63.7 Å². The molecule has 2 heterocycles. The van der Waals surface area contributed by atoms with Gasteiger partial charge < -0.3 is 15.5 Å². The number of aromatic nitrogens is 3. The predicted octanol–water partition coefficient (Wildman–Crippen LogP) is 2.40. The molecule has 0 aliphatic rings. The van der Waals surface area contributed by atoms with Crippen molar-refractivity contribution in [3.63, 3.8) is 0 Å². The molecule has 140 valence electrons. The second-order valence-electron chi connectivity index (χ2n) is 6.41. The van der Waals surface area contributed by atoms with Crippen LogP contribution in [-0.2, 0) is 6.54 Å². The molecule has 0 unspecified atom stereocenters. The zero-order valence-electron chi connectivity index (χ0n) is 15.4. The number of anilines is 1. The predicted molar refractivity (Wildman–Crippen MR) is 103 cm³/mol. The molecule has 0 saturated heterocycles. The number of H-pyrrole nitrogens is 1. The Labute approximate surface area is 161 Å². The summed E-state index contributed by atoms with van der Waals surface area (Å²) in [4.78, 5) is 14.5. The number of nitriles is 2. The van der Waals surface area contributed by atoms with Crippen molar-refractivity contribution in [1.29, 1.82) is 10.5 Å². The number of rotatable bonds is 5. The molecule has 8 nitrogen and oxygen atoms in total. The van der Waals surface area contributed by atoms with Gasteiger partial charge in [0.05, 0.1) is 12.6 Å². The number of pyridine rings is 1. The maximum absolute atomic E-state index is 12.2. The van der Waals surface area contributed by atoms with E-state index in [9.17, 15) is 15.3 Å². The summed E-state index contributed by atoms with van der Waals surface area (Å²) in [6.45, 7) is 4.26. The SMILES string of the molecule is CC(C)Oc1ccc(-c2c(C#N)c(N)[nH]c(=O)c2C#N)cc1Cn1cccn1. The summed E-state index contributed by atoms with van der Waals surface area (Å²) in [5.41, 5.74) is 6.61. The monoisotopic (exact) mass is 374 g/mol. The van der Waals surface area contributed by atoms with E-state index in [2.05, 4.69) is 10.1 Å². The van der Waals surface area contributed by atoms with Crippen LogP contribution in [0.15, 0.2) is 41.5 Å². The van der Waals surface area contributed by atoms with Crippen LogP contribution >= 0.6 is 0 Å². The first-order chi connectivity index (χ1) is 13.4. The highest BCUT2D eigenvalue weighted by atomic mass is 16.5. The lowest BCUT2D eigenvalue weighted by atomic mass is 9.95. The number of nitrogens with one attached hydrogen (secondary N) is 1. The second-order valence-corrected chi connectivity index (χ2v) is 6.41.